The molecule has 0 aromatic rings. The van der Waals surface area contributed by atoms with Crippen molar-refractivity contribution < 1.29 is 8.85 Å². The van der Waals surface area contributed by atoms with Gasteiger partial charge in [0.05, 0.1) is 0 Å². The van der Waals surface area contributed by atoms with Crippen LogP contribution in [0.2, 0.25) is 12.6 Å². The van der Waals surface area contributed by atoms with Gasteiger partial charge in [0.2, 0.25) is 0 Å². The lowest BCUT2D eigenvalue weighted by molar-refractivity contribution is 0.0459. The SMILES string of the molecule is CCCN(CCC)CC(CC[Si](C)(OCC)OCC)(CN(CCC)CCC)CN(CCC)CCC. The molecule has 0 rings (SSSR count). The van der Waals surface area contributed by atoms with Gasteiger partial charge in [0.25, 0.3) is 0 Å². The molecule has 0 aromatic carbocycles. The van der Waals surface area contributed by atoms with E-state index in [1.54, 1.807) is 0 Å². The van der Waals surface area contributed by atoms with Crippen molar-refractivity contribution in [3.63, 3.8) is 0 Å². The number of nitrogens with zero attached hydrogens (tertiary/aromatic N) is 3. The summed E-state index contributed by atoms with van der Waals surface area (Å²) in [7, 11) is -2.18. The van der Waals surface area contributed by atoms with E-state index in [-0.39, 0.29) is 5.41 Å². The van der Waals surface area contributed by atoms with Gasteiger partial charge in [-0.05, 0) is 111 Å². The molecule has 0 aromatic heterocycles. The van der Waals surface area contributed by atoms with E-state index in [1.165, 1.54) is 104 Å². The fraction of sp³-hybridized carbons (Fsp3) is 1.00. The quantitative estimate of drug-likeness (QED) is 0.124. The highest BCUT2D eigenvalue weighted by Gasteiger charge is 2.40. The van der Waals surface area contributed by atoms with Gasteiger partial charge in [-0.3, -0.25) is 0 Å². The molecule has 212 valence electrons. The first-order chi connectivity index (χ1) is 16.8. The summed E-state index contributed by atoms with van der Waals surface area (Å²) in [4.78, 5) is 8.31. The van der Waals surface area contributed by atoms with Crippen LogP contribution in [0.25, 0.3) is 0 Å². The van der Waals surface area contributed by atoms with Gasteiger partial charge in [-0.1, -0.05) is 41.5 Å². The van der Waals surface area contributed by atoms with Crippen molar-refractivity contribution in [2.45, 2.75) is 113 Å². The maximum absolute atomic E-state index is 6.34. The monoisotopic (exact) mass is 515 g/mol. The van der Waals surface area contributed by atoms with Gasteiger partial charge in [0, 0.05) is 38.3 Å². The standard InChI is InChI=1S/C29H65N3O2Si/c1-10-19-30(20-11-2)26-29(27-31(21-12-3)22-13-4,28-32(23-14-5)24-15-6)18-25-35(9,33-16-7)34-17-8/h10-28H2,1-9H3. The Balaban J connectivity index is 6.33. The second-order valence-corrected chi connectivity index (χ2v) is 14.2. The summed E-state index contributed by atoms with van der Waals surface area (Å²) >= 11 is 0. The summed E-state index contributed by atoms with van der Waals surface area (Å²) in [5.41, 5.74) is 0.224. The first-order valence-corrected chi connectivity index (χ1v) is 17.8. The Bertz CT molecular complexity index is 411. The first-order valence-electron chi connectivity index (χ1n) is 15.3. The molecule has 0 aliphatic rings. The second-order valence-electron chi connectivity index (χ2n) is 10.8. The minimum atomic E-state index is -2.18. The molecule has 0 radical (unpaired) electrons. The van der Waals surface area contributed by atoms with Crippen LogP contribution in [-0.4, -0.2) is 95.4 Å². The fourth-order valence-electron chi connectivity index (χ4n) is 5.81. The molecule has 35 heavy (non-hydrogen) atoms. The average Bonchev–Trinajstić information content (AvgIpc) is 2.79. The van der Waals surface area contributed by atoms with Crippen LogP contribution in [0, 0.1) is 5.41 Å². The molecule has 6 heteroatoms. The Morgan fingerprint density at radius 2 is 0.800 bits per heavy atom. The molecule has 0 saturated heterocycles. The van der Waals surface area contributed by atoms with Crippen LogP contribution in [0.3, 0.4) is 0 Å². The first kappa shape index (κ1) is 35.0. The fourth-order valence-corrected chi connectivity index (χ4v) is 8.38. The molecule has 0 amide bonds. The molecule has 0 saturated carbocycles. The van der Waals surface area contributed by atoms with Crippen molar-refractivity contribution in [1.29, 1.82) is 0 Å². The van der Waals surface area contributed by atoms with Gasteiger partial charge in [-0.2, -0.15) is 0 Å². The van der Waals surface area contributed by atoms with Crippen LogP contribution >= 0.6 is 0 Å². The smallest absolute Gasteiger partial charge is 0.334 e. The van der Waals surface area contributed by atoms with E-state index in [9.17, 15) is 0 Å². The molecule has 0 spiro atoms. The van der Waals surface area contributed by atoms with Crippen molar-refractivity contribution in [1.82, 2.24) is 14.7 Å². The van der Waals surface area contributed by atoms with E-state index < -0.39 is 8.56 Å². The zero-order chi connectivity index (χ0) is 26.6. The van der Waals surface area contributed by atoms with E-state index in [1.807, 2.05) is 0 Å². The van der Waals surface area contributed by atoms with Crippen molar-refractivity contribution in [3.05, 3.63) is 0 Å². The lowest BCUT2D eigenvalue weighted by Crippen LogP contribution is -2.53. The minimum Gasteiger partial charge on any atom is -0.395 e. The molecular weight excluding hydrogens is 450 g/mol. The molecule has 0 unspecified atom stereocenters. The average molecular weight is 516 g/mol. The van der Waals surface area contributed by atoms with E-state index in [0.29, 0.717) is 0 Å². The van der Waals surface area contributed by atoms with E-state index in [0.717, 1.165) is 19.3 Å². The maximum atomic E-state index is 6.34. The van der Waals surface area contributed by atoms with Gasteiger partial charge in [0.1, 0.15) is 0 Å². The Labute approximate surface area is 222 Å². The highest BCUT2D eigenvalue weighted by molar-refractivity contribution is 6.66. The van der Waals surface area contributed by atoms with Crippen LogP contribution < -0.4 is 0 Å². The summed E-state index contributed by atoms with van der Waals surface area (Å²) in [6, 6.07) is 1.08. The van der Waals surface area contributed by atoms with E-state index in [2.05, 4.69) is 76.6 Å². The molecule has 5 nitrogen and oxygen atoms in total. The third-order valence-corrected chi connectivity index (χ3v) is 9.88. The minimum absolute atomic E-state index is 0.224. The van der Waals surface area contributed by atoms with E-state index in [4.69, 9.17) is 8.85 Å². The topological polar surface area (TPSA) is 28.2 Å². The number of hydrogen-bond acceptors (Lipinski definition) is 5. The molecule has 0 fully saturated rings. The van der Waals surface area contributed by atoms with E-state index >= 15 is 0 Å². The van der Waals surface area contributed by atoms with Crippen LogP contribution in [0.15, 0.2) is 0 Å². The van der Waals surface area contributed by atoms with Gasteiger partial charge >= 0.3 is 8.56 Å². The molecule has 0 N–H and O–H groups in total. The summed E-state index contributed by atoms with van der Waals surface area (Å²) in [5.74, 6) is 0. The van der Waals surface area contributed by atoms with Crippen LogP contribution in [0.5, 0.6) is 0 Å². The van der Waals surface area contributed by atoms with Crippen molar-refractivity contribution in [3.8, 4) is 0 Å². The summed E-state index contributed by atoms with van der Waals surface area (Å²) < 4.78 is 12.7. The molecule has 0 atom stereocenters. The number of rotatable bonds is 25. The third kappa shape index (κ3) is 15.1. The number of hydrogen-bond donors (Lipinski definition) is 0. The summed E-state index contributed by atoms with van der Waals surface area (Å²) in [6.45, 7) is 32.8. The lowest BCUT2D eigenvalue weighted by atomic mass is 9.82. The Morgan fingerprint density at radius 3 is 1.03 bits per heavy atom. The molecule has 0 bridgehead atoms. The third-order valence-electron chi connectivity index (χ3n) is 6.92. The van der Waals surface area contributed by atoms with Crippen molar-refractivity contribution in [2.75, 3.05) is 72.1 Å². The highest BCUT2D eigenvalue weighted by Crippen LogP contribution is 2.33. The summed E-state index contributed by atoms with van der Waals surface area (Å²) in [5, 5.41) is 0. The molecule has 0 aliphatic heterocycles. The Hall–Kier alpha value is 0.0169. The van der Waals surface area contributed by atoms with Gasteiger partial charge in [0.15, 0.2) is 0 Å². The van der Waals surface area contributed by atoms with Crippen LogP contribution in [0.1, 0.15) is 100 Å². The van der Waals surface area contributed by atoms with Gasteiger partial charge < -0.3 is 23.6 Å². The Morgan fingerprint density at radius 1 is 0.514 bits per heavy atom. The zero-order valence-electron chi connectivity index (χ0n) is 25.6. The maximum Gasteiger partial charge on any atom is 0.334 e. The van der Waals surface area contributed by atoms with Crippen molar-refractivity contribution >= 4 is 8.56 Å². The predicted octanol–water partition coefficient (Wildman–Crippen LogP) is 6.87. The van der Waals surface area contributed by atoms with Crippen molar-refractivity contribution in [2.24, 2.45) is 5.41 Å². The predicted molar refractivity (Wildman–Crippen MR) is 158 cm³/mol. The van der Waals surface area contributed by atoms with Gasteiger partial charge in [-0.15, -0.1) is 0 Å². The Kier molecular flexibility index (Phi) is 21.0. The molecule has 0 aliphatic carbocycles. The molecule has 0 heterocycles. The second kappa shape index (κ2) is 21.0. The van der Waals surface area contributed by atoms with Crippen LogP contribution in [0.4, 0.5) is 0 Å². The molecular formula is C29H65N3O2Si. The zero-order valence-corrected chi connectivity index (χ0v) is 26.6. The van der Waals surface area contributed by atoms with Gasteiger partial charge in [-0.25, -0.2) is 0 Å². The largest absolute Gasteiger partial charge is 0.395 e. The summed E-state index contributed by atoms with van der Waals surface area (Å²) in [6.07, 6.45) is 8.53. The lowest BCUT2D eigenvalue weighted by Gasteiger charge is -2.46. The highest BCUT2D eigenvalue weighted by atomic mass is 28.4. The van der Waals surface area contributed by atoms with Crippen LogP contribution in [-0.2, 0) is 8.85 Å². The normalized spacial score (nSPS) is 13.0.